The summed E-state index contributed by atoms with van der Waals surface area (Å²) in [6.07, 6.45) is 0. The lowest BCUT2D eigenvalue weighted by atomic mass is 10.2. The fourth-order valence-electron chi connectivity index (χ4n) is 2.56. The summed E-state index contributed by atoms with van der Waals surface area (Å²) < 4.78 is 21.5. The van der Waals surface area contributed by atoms with Crippen LogP contribution in [0.2, 0.25) is 5.02 Å². The number of rotatable bonds is 9. The number of ether oxygens (including phenoxy) is 4. The summed E-state index contributed by atoms with van der Waals surface area (Å²) >= 11 is 12.4. The second-order valence-corrected chi connectivity index (χ2v) is 6.79. The average molecular weight is 470 g/mol. The smallest absolute Gasteiger partial charge is 0.276 e. The fourth-order valence-corrected chi connectivity index (χ4v) is 3.08. The van der Waals surface area contributed by atoms with E-state index in [0.29, 0.717) is 17.2 Å². The van der Waals surface area contributed by atoms with Gasteiger partial charge in [-0.1, -0.05) is 11.6 Å². The van der Waals surface area contributed by atoms with Crippen LogP contribution in [-0.2, 0) is 9.59 Å². The minimum absolute atomic E-state index is 0.213. The van der Waals surface area contributed by atoms with E-state index in [1.54, 1.807) is 12.1 Å². The highest BCUT2D eigenvalue weighted by Gasteiger charge is 2.30. The molecule has 0 aliphatic heterocycles. The number of methoxy groups -OCH3 is 4. The monoisotopic (exact) mass is 469 g/mol. The van der Waals surface area contributed by atoms with Crippen LogP contribution in [0, 0.1) is 0 Å². The molecule has 0 aliphatic carbocycles. The lowest BCUT2D eigenvalue weighted by molar-refractivity contribution is -0.126. The van der Waals surface area contributed by atoms with E-state index in [2.05, 4.69) is 10.2 Å². The maximum Gasteiger partial charge on any atom is 0.276 e. The maximum atomic E-state index is 12.9. The summed E-state index contributed by atoms with van der Waals surface area (Å²) in [6, 6.07) is 6.13. The highest BCUT2D eigenvalue weighted by molar-refractivity contribution is 6.39. The minimum Gasteiger partial charge on any atom is -0.497 e. The van der Waals surface area contributed by atoms with Crippen LogP contribution in [-0.4, -0.2) is 46.2 Å². The van der Waals surface area contributed by atoms with Crippen LogP contribution >= 0.6 is 23.4 Å². The Morgan fingerprint density at radius 2 is 1.65 bits per heavy atom. The van der Waals surface area contributed by atoms with E-state index in [0.717, 1.165) is 4.42 Å². The van der Waals surface area contributed by atoms with Gasteiger partial charge in [0.25, 0.3) is 5.91 Å². The van der Waals surface area contributed by atoms with Gasteiger partial charge in [-0.2, -0.15) is 10.2 Å². The number of ketones is 1. The standard InChI is InChI=1S/C20H21Cl2N3O6/c1-11(26)18(24-23-12-8-14(21)19(31-5)17(9-12)30-4)20(27)25(22)15-7-6-13(28-2)10-16(15)29-3/h6-10,18H,1-5H3. The first-order valence-electron chi connectivity index (χ1n) is 8.81. The van der Waals surface area contributed by atoms with Crippen LogP contribution in [0.4, 0.5) is 11.4 Å². The van der Waals surface area contributed by atoms with E-state index in [1.807, 2.05) is 0 Å². The van der Waals surface area contributed by atoms with Crippen molar-refractivity contribution in [3.63, 3.8) is 0 Å². The zero-order valence-corrected chi connectivity index (χ0v) is 19.0. The fraction of sp³-hybridized carbons (Fsp3) is 0.300. The highest BCUT2D eigenvalue weighted by atomic mass is 35.5. The first-order valence-corrected chi connectivity index (χ1v) is 9.53. The molecule has 0 radical (unpaired) electrons. The van der Waals surface area contributed by atoms with Crippen molar-refractivity contribution < 1.29 is 28.5 Å². The van der Waals surface area contributed by atoms with E-state index in [-0.39, 0.29) is 22.1 Å². The van der Waals surface area contributed by atoms with Gasteiger partial charge in [0.2, 0.25) is 6.04 Å². The summed E-state index contributed by atoms with van der Waals surface area (Å²) in [7, 11) is 5.78. The Kier molecular flexibility index (Phi) is 8.47. The third-order valence-electron chi connectivity index (χ3n) is 4.12. The van der Waals surface area contributed by atoms with Crippen molar-refractivity contribution in [3.8, 4) is 23.0 Å². The van der Waals surface area contributed by atoms with Crippen LogP contribution < -0.4 is 23.4 Å². The van der Waals surface area contributed by atoms with Gasteiger partial charge < -0.3 is 18.9 Å². The van der Waals surface area contributed by atoms with E-state index < -0.39 is 17.7 Å². The van der Waals surface area contributed by atoms with Gasteiger partial charge in [0, 0.05) is 23.9 Å². The predicted octanol–water partition coefficient (Wildman–Crippen LogP) is 4.60. The number of anilines is 1. The Balaban J connectivity index is 2.35. The molecule has 1 amide bonds. The molecule has 0 aromatic heterocycles. The van der Waals surface area contributed by atoms with Gasteiger partial charge in [-0.15, -0.1) is 0 Å². The Labute approximate surface area is 189 Å². The van der Waals surface area contributed by atoms with Crippen LogP contribution in [0.25, 0.3) is 0 Å². The van der Waals surface area contributed by atoms with Crippen molar-refractivity contribution in [2.45, 2.75) is 13.0 Å². The number of hydrogen-bond donors (Lipinski definition) is 0. The average Bonchev–Trinajstić information content (AvgIpc) is 2.77. The number of azo groups is 1. The molecule has 0 aliphatic rings. The molecule has 1 atom stereocenters. The molecular formula is C20H21Cl2N3O6. The van der Waals surface area contributed by atoms with E-state index in [9.17, 15) is 9.59 Å². The SMILES string of the molecule is COc1ccc(N(Cl)C(=O)C(N=Nc2cc(Cl)c(OC)c(OC)c2)C(C)=O)c(OC)c1. The molecule has 1 unspecified atom stereocenters. The summed E-state index contributed by atoms with van der Waals surface area (Å²) in [4.78, 5) is 25.0. The van der Waals surface area contributed by atoms with Gasteiger partial charge in [0.1, 0.15) is 17.2 Å². The number of nitrogens with zero attached hydrogens (tertiary/aromatic N) is 3. The van der Waals surface area contributed by atoms with Gasteiger partial charge in [-0.25, -0.2) is 4.42 Å². The van der Waals surface area contributed by atoms with E-state index >= 15 is 0 Å². The Hall–Kier alpha value is -3.04. The molecule has 2 aromatic rings. The molecule has 0 heterocycles. The third-order valence-corrected chi connectivity index (χ3v) is 4.75. The second-order valence-electron chi connectivity index (χ2n) is 6.05. The predicted molar refractivity (Wildman–Crippen MR) is 116 cm³/mol. The zero-order chi connectivity index (χ0) is 23.1. The van der Waals surface area contributed by atoms with Crippen LogP contribution in [0.5, 0.6) is 23.0 Å². The number of carbonyl (C=O) groups excluding carboxylic acids is 2. The van der Waals surface area contributed by atoms with Crippen LogP contribution in [0.15, 0.2) is 40.6 Å². The maximum absolute atomic E-state index is 12.9. The van der Waals surface area contributed by atoms with Crippen molar-refractivity contribution in [2.24, 2.45) is 10.2 Å². The lowest BCUT2D eigenvalue weighted by Crippen LogP contribution is -2.36. The van der Waals surface area contributed by atoms with Gasteiger partial charge in [0.15, 0.2) is 17.3 Å². The van der Waals surface area contributed by atoms with Crippen molar-refractivity contribution >= 4 is 46.4 Å². The third kappa shape index (κ3) is 5.56. The zero-order valence-electron chi connectivity index (χ0n) is 17.5. The molecule has 31 heavy (non-hydrogen) atoms. The molecule has 2 rings (SSSR count). The molecule has 0 N–H and O–H groups in total. The number of halogens is 2. The van der Waals surface area contributed by atoms with Crippen molar-refractivity contribution in [1.29, 1.82) is 0 Å². The molecule has 0 saturated carbocycles. The summed E-state index contributed by atoms with van der Waals surface area (Å²) in [5.41, 5.74) is 0.468. The molecule has 0 spiro atoms. The number of carbonyl (C=O) groups is 2. The number of benzene rings is 2. The Morgan fingerprint density at radius 3 is 2.19 bits per heavy atom. The molecule has 0 bridgehead atoms. The number of hydrogen-bond acceptors (Lipinski definition) is 8. The van der Waals surface area contributed by atoms with Gasteiger partial charge in [0.05, 0.1) is 39.1 Å². The van der Waals surface area contributed by atoms with E-state index in [4.69, 9.17) is 42.3 Å². The normalized spacial score (nSPS) is 11.7. The summed E-state index contributed by atoms with van der Waals surface area (Å²) in [6.45, 7) is 1.21. The molecule has 0 saturated heterocycles. The Morgan fingerprint density at radius 1 is 0.968 bits per heavy atom. The summed E-state index contributed by atoms with van der Waals surface area (Å²) in [5, 5.41) is 8.07. The molecular weight excluding hydrogens is 449 g/mol. The van der Waals surface area contributed by atoms with Crippen LogP contribution in [0.3, 0.4) is 0 Å². The molecule has 11 heteroatoms. The highest BCUT2D eigenvalue weighted by Crippen LogP contribution is 2.39. The largest absolute Gasteiger partial charge is 0.497 e. The van der Waals surface area contributed by atoms with Gasteiger partial charge in [-0.3, -0.25) is 9.59 Å². The number of Topliss-reactive ketones (excluding diaryl/α,β-unsaturated/α-hetero) is 1. The first kappa shape index (κ1) is 24.2. The second kappa shape index (κ2) is 10.8. The topological polar surface area (TPSA) is 99.0 Å². The van der Waals surface area contributed by atoms with Crippen molar-refractivity contribution in [3.05, 3.63) is 35.4 Å². The first-order chi connectivity index (χ1) is 14.8. The molecule has 2 aromatic carbocycles. The quantitative estimate of drug-likeness (QED) is 0.302. The summed E-state index contributed by atoms with van der Waals surface area (Å²) in [5.74, 6) is 0.0451. The molecule has 0 fully saturated rings. The van der Waals surface area contributed by atoms with Crippen molar-refractivity contribution in [1.82, 2.24) is 0 Å². The molecule has 9 nitrogen and oxygen atoms in total. The van der Waals surface area contributed by atoms with E-state index in [1.165, 1.54) is 53.6 Å². The van der Waals surface area contributed by atoms with Crippen molar-refractivity contribution in [2.75, 3.05) is 32.9 Å². The van der Waals surface area contributed by atoms with Gasteiger partial charge in [-0.05, 0) is 25.1 Å². The van der Waals surface area contributed by atoms with Crippen LogP contribution in [0.1, 0.15) is 6.92 Å². The number of amides is 1. The Bertz CT molecular complexity index is 999. The minimum atomic E-state index is -1.49. The lowest BCUT2D eigenvalue weighted by Gasteiger charge is -2.19. The molecule has 166 valence electrons. The van der Waals surface area contributed by atoms with Gasteiger partial charge >= 0.3 is 0 Å².